The minimum Gasteiger partial charge on any atom is -0.349 e. The van der Waals surface area contributed by atoms with Gasteiger partial charge in [0.15, 0.2) is 0 Å². The number of nitrogens with one attached hydrogen (secondary N) is 3. The molecule has 4 rings (SSSR count). The van der Waals surface area contributed by atoms with Gasteiger partial charge in [0.1, 0.15) is 0 Å². The van der Waals surface area contributed by atoms with Crippen molar-refractivity contribution in [3.8, 4) is 0 Å². The van der Waals surface area contributed by atoms with Crippen LogP contribution >= 0.6 is 0 Å². The van der Waals surface area contributed by atoms with Gasteiger partial charge in [-0.3, -0.25) is 4.79 Å². The van der Waals surface area contributed by atoms with Crippen LogP contribution in [0, 0.1) is 0 Å². The van der Waals surface area contributed by atoms with E-state index in [0.717, 1.165) is 53.9 Å². The molecule has 2 aromatic rings. The summed E-state index contributed by atoms with van der Waals surface area (Å²) in [6, 6.07) is 9.16. The normalized spacial score (nSPS) is 20.9. The van der Waals surface area contributed by atoms with E-state index in [0.29, 0.717) is 12.6 Å². The summed E-state index contributed by atoms with van der Waals surface area (Å²) in [5.74, 6) is -0.288. The Kier molecular flexibility index (Phi) is 8.75. The van der Waals surface area contributed by atoms with Crippen molar-refractivity contribution in [3.05, 3.63) is 64.7 Å². The van der Waals surface area contributed by atoms with E-state index in [2.05, 4.69) is 54.9 Å². The van der Waals surface area contributed by atoms with Gasteiger partial charge < -0.3 is 16.0 Å². The monoisotopic (exact) mass is 566 g/mol. The van der Waals surface area contributed by atoms with Crippen LogP contribution in [0.1, 0.15) is 68.3 Å². The van der Waals surface area contributed by atoms with E-state index in [1.165, 1.54) is 11.1 Å². The van der Waals surface area contributed by atoms with Crippen molar-refractivity contribution in [3.63, 3.8) is 0 Å². The van der Waals surface area contributed by atoms with Gasteiger partial charge in [0, 0.05) is 44.2 Å². The molecule has 1 aliphatic carbocycles. The van der Waals surface area contributed by atoms with Crippen molar-refractivity contribution in [2.75, 3.05) is 19.6 Å². The summed E-state index contributed by atoms with van der Waals surface area (Å²) < 4.78 is 67.5. The molecule has 1 aliphatic heterocycles. The zero-order valence-electron chi connectivity index (χ0n) is 22.6. The maximum Gasteiger partial charge on any atom is 0.416 e. The van der Waals surface area contributed by atoms with Gasteiger partial charge >= 0.3 is 6.18 Å². The lowest BCUT2D eigenvalue weighted by atomic mass is 9.86. The predicted octanol–water partition coefficient (Wildman–Crippen LogP) is 4.14. The van der Waals surface area contributed by atoms with Crippen LogP contribution in [-0.4, -0.2) is 49.8 Å². The first-order chi connectivity index (χ1) is 18.2. The second kappa shape index (κ2) is 11.6. The van der Waals surface area contributed by atoms with Crippen LogP contribution in [0.5, 0.6) is 0 Å². The fourth-order valence-corrected chi connectivity index (χ4v) is 6.83. The molecule has 0 aromatic heterocycles. The van der Waals surface area contributed by atoms with Crippen molar-refractivity contribution in [1.82, 2.24) is 20.3 Å². The van der Waals surface area contributed by atoms with E-state index in [4.69, 9.17) is 0 Å². The van der Waals surface area contributed by atoms with E-state index in [9.17, 15) is 26.4 Å². The molecule has 0 bridgehead atoms. The number of rotatable bonds is 7. The molecule has 2 aromatic carbocycles. The first-order valence-corrected chi connectivity index (χ1v) is 14.7. The van der Waals surface area contributed by atoms with Crippen LogP contribution in [0.3, 0.4) is 0 Å². The zero-order chi connectivity index (χ0) is 28.4. The Morgan fingerprint density at radius 1 is 1.13 bits per heavy atom. The number of benzene rings is 2. The highest BCUT2D eigenvalue weighted by molar-refractivity contribution is 7.89. The Labute approximate surface area is 228 Å². The Hall–Kier alpha value is -2.47. The van der Waals surface area contributed by atoms with Crippen LogP contribution < -0.4 is 16.0 Å². The van der Waals surface area contributed by atoms with Gasteiger partial charge in [0.05, 0.1) is 16.5 Å². The van der Waals surface area contributed by atoms with Crippen molar-refractivity contribution in [1.29, 1.82) is 0 Å². The van der Waals surface area contributed by atoms with E-state index in [-0.39, 0.29) is 37.0 Å². The number of hydrogen-bond acceptors (Lipinski definition) is 5. The van der Waals surface area contributed by atoms with Gasteiger partial charge in [-0.15, -0.1) is 0 Å². The SMILES string of the molecule is CC(C)(C)NCc1ccc2c(c1)CCCC2NC(=O)CC1CNCCN1S(=O)(=O)c1cccc(C(F)(F)F)c1. The summed E-state index contributed by atoms with van der Waals surface area (Å²) in [5, 5.41) is 9.68. The number of fused-ring (bicyclic) bond motifs is 1. The Morgan fingerprint density at radius 2 is 1.90 bits per heavy atom. The van der Waals surface area contributed by atoms with E-state index >= 15 is 0 Å². The number of carbonyl (C=O) groups is 1. The van der Waals surface area contributed by atoms with Gasteiger partial charge in [-0.05, 0) is 74.9 Å². The molecule has 7 nitrogen and oxygen atoms in total. The predicted molar refractivity (Wildman–Crippen MR) is 143 cm³/mol. The van der Waals surface area contributed by atoms with Crippen LogP contribution in [0.25, 0.3) is 0 Å². The third-order valence-electron chi connectivity index (χ3n) is 7.16. The van der Waals surface area contributed by atoms with Crippen LogP contribution in [0.15, 0.2) is 47.4 Å². The molecule has 39 heavy (non-hydrogen) atoms. The van der Waals surface area contributed by atoms with Crippen molar-refractivity contribution >= 4 is 15.9 Å². The quantitative estimate of drug-likeness (QED) is 0.469. The largest absolute Gasteiger partial charge is 0.416 e. The average Bonchev–Trinajstić information content (AvgIpc) is 2.87. The number of amides is 1. The minimum absolute atomic E-state index is 0.00286. The topological polar surface area (TPSA) is 90.5 Å². The average molecular weight is 567 g/mol. The molecule has 2 unspecified atom stereocenters. The second-order valence-corrected chi connectivity index (χ2v) is 13.2. The smallest absolute Gasteiger partial charge is 0.349 e. The molecular formula is C28H37F3N4O3S. The maximum absolute atomic E-state index is 13.4. The fraction of sp³-hybridized carbons (Fsp3) is 0.536. The molecule has 1 heterocycles. The van der Waals surface area contributed by atoms with Gasteiger partial charge in [-0.25, -0.2) is 8.42 Å². The van der Waals surface area contributed by atoms with Crippen molar-refractivity contribution in [2.45, 2.75) is 81.7 Å². The molecule has 0 radical (unpaired) electrons. The highest BCUT2D eigenvalue weighted by Crippen LogP contribution is 2.33. The lowest BCUT2D eigenvalue weighted by Gasteiger charge is -2.35. The van der Waals surface area contributed by atoms with Gasteiger partial charge in [0.25, 0.3) is 0 Å². The second-order valence-electron chi connectivity index (χ2n) is 11.4. The van der Waals surface area contributed by atoms with Crippen LogP contribution in [0.2, 0.25) is 0 Å². The number of carbonyl (C=O) groups excluding carboxylic acids is 1. The molecular weight excluding hydrogens is 529 g/mol. The van der Waals surface area contributed by atoms with Crippen LogP contribution in [-0.2, 0) is 34.0 Å². The van der Waals surface area contributed by atoms with Crippen LogP contribution in [0.4, 0.5) is 13.2 Å². The fourth-order valence-electron chi connectivity index (χ4n) is 5.16. The zero-order valence-corrected chi connectivity index (χ0v) is 23.4. The molecule has 2 aliphatic rings. The number of hydrogen-bond donors (Lipinski definition) is 3. The number of piperazine rings is 1. The van der Waals surface area contributed by atoms with Gasteiger partial charge in [-0.1, -0.05) is 24.3 Å². The van der Waals surface area contributed by atoms with E-state index in [1.54, 1.807) is 0 Å². The summed E-state index contributed by atoms with van der Waals surface area (Å²) in [7, 11) is -4.23. The van der Waals surface area contributed by atoms with E-state index in [1.807, 2.05) is 0 Å². The number of nitrogens with zero attached hydrogens (tertiary/aromatic N) is 1. The van der Waals surface area contributed by atoms with Gasteiger partial charge in [0.2, 0.25) is 15.9 Å². The number of halogens is 3. The molecule has 1 amide bonds. The highest BCUT2D eigenvalue weighted by atomic mass is 32.2. The molecule has 0 spiro atoms. The summed E-state index contributed by atoms with van der Waals surface area (Å²) >= 11 is 0. The van der Waals surface area contributed by atoms with Crippen molar-refractivity contribution in [2.24, 2.45) is 0 Å². The molecule has 11 heteroatoms. The highest BCUT2D eigenvalue weighted by Gasteiger charge is 2.37. The first-order valence-electron chi connectivity index (χ1n) is 13.3. The number of sulfonamides is 1. The van der Waals surface area contributed by atoms with E-state index < -0.39 is 32.7 Å². The Bertz CT molecular complexity index is 1290. The number of aryl methyl sites for hydroxylation is 1. The third-order valence-corrected chi connectivity index (χ3v) is 9.11. The molecule has 214 valence electrons. The van der Waals surface area contributed by atoms with Crippen molar-refractivity contribution < 1.29 is 26.4 Å². The third kappa shape index (κ3) is 7.39. The molecule has 1 fully saturated rings. The standard InChI is InChI=1S/C28H37F3N4O3S/c1-27(2,3)33-17-19-10-11-24-20(14-19)6-4-9-25(24)34-26(36)16-22-18-32-12-13-35(22)39(37,38)23-8-5-7-21(15-23)28(29,30)31/h5,7-8,10-11,14-15,22,25,32-33H,4,6,9,12-13,16-18H2,1-3H3,(H,34,36). The summed E-state index contributed by atoms with van der Waals surface area (Å²) in [6.45, 7) is 7.74. The minimum atomic E-state index is -4.66. The molecule has 3 N–H and O–H groups in total. The lowest BCUT2D eigenvalue weighted by molar-refractivity contribution is -0.137. The Morgan fingerprint density at radius 3 is 2.62 bits per heavy atom. The summed E-state index contributed by atoms with van der Waals surface area (Å²) in [4.78, 5) is 12.7. The Balaban J connectivity index is 1.46. The number of alkyl halides is 3. The first kappa shape index (κ1) is 29.5. The lowest BCUT2D eigenvalue weighted by Crippen LogP contribution is -2.55. The maximum atomic E-state index is 13.4. The summed E-state index contributed by atoms with van der Waals surface area (Å²) in [6.07, 6.45) is -2.11. The summed E-state index contributed by atoms with van der Waals surface area (Å²) in [5.41, 5.74) is 2.43. The molecule has 0 saturated carbocycles. The van der Waals surface area contributed by atoms with Gasteiger partial charge in [-0.2, -0.15) is 17.5 Å². The molecule has 2 atom stereocenters. The molecule has 1 saturated heterocycles.